The number of carbonyl (C=O) groups is 2. The van der Waals surface area contributed by atoms with E-state index >= 15 is 0 Å². The smallest absolute Gasteiger partial charge is 0.227 e. The van der Waals surface area contributed by atoms with Gasteiger partial charge in [0.1, 0.15) is 11.6 Å². The zero-order valence-electron chi connectivity index (χ0n) is 10.4. The van der Waals surface area contributed by atoms with Gasteiger partial charge in [0.2, 0.25) is 5.91 Å². The van der Waals surface area contributed by atoms with E-state index in [1.807, 2.05) is 0 Å². The van der Waals surface area contributed by atoms with Crippen molar-refractivity contribution in [1.82, 2.24) is 0 Å². The Balaban J connectivity index is 2.15. The molecule has 4 heteroatoms. The van der Waals surface area contributed by atoms with Gasteiger partial charge in [-0.25, -0.2) is 4.39 Å². The van der Waals surface area contributed by atoms with Crippen LogP contribution in [0.1, 0.15) is 31.7 Å². The molecule has 0 N–H and O–H groups in total. The summed E-state index contributed by atoms with van der Waals surface area (Å²) in [6, 6.07) is 4.50. The van der Waals surface area contributed by atoms with Gasteiger partial charge in [-0.1, -0.05) is 0 Å². The van der Waals surface area contributed by atoms with E-state index in [1.165, 1.54) is 12.1 Å². The Labute approximate surface area is 106 Å². The summed E-state index contributed by atoms with van der Waals surface area (Å²) in [6.45, 7) is 2.07. The molecule has 1 heterocycles. The van der Waals surface area contributed by atoms with Crippen LogP contribution in [0.15, 0.2) is 18.2 Å². The number of rotatable bonds is 4. The fraction of sp³-hybridized carbons (Fsp3) is 0.429. The van der Waals surface area contributed by atoms with E-state index in [4.69, 9.17) is 0 Å². The van der Waals surface area contributed by atoms with E-state index in [0.29, 0.717) is 32.2 Å². The van der Waals surface area contributed by atoms with Gasteiger partial charge < -0.3 is 9.69 Å². The van der Waals surface area contributed by atoms with Crippen molar-refractivity contribution in [2.45, 2.75) is 32.6 Å². The minimum Gasteiger partial charge on any atom is -0.312 e. The van der Waals surface area contributed by atoms with Gasteiger partial charge in [0.25, 0.3) is 0 Å². The molecule has 0 aromatic heterocycles. The number of amides is 1. The first-order valence-electron chi connectivity index (χ1n) is 6.16. The topological polar surface area (TPSA) is 37.4 Å². The van der Waals surface area contributed by atoms with Crippen molar-refractivity contribution in [1.29, 1.82) is 0 Å². The van der Waals surface area contributed by atoms with Crippen LogP contribution in [0.3, 0.4) is 0 Å². The Bertz CT molecular complexity index is 485. The number of carbonyl (C=O) groups excluding carboxylic acids is 2. The highest BCUT2D eigenvalue weighted by molar-refractivity contribution is 5.96. The maximum Gasteiger partial charge on any atom is 0.227 e. The van der Waals surface area contributed by atoms with Crippen LogP contribution < -0.4 is 4.90 Å². The summed E-state index contributed by atoms with van der Waals surface area (Å²) in [5, 5.41) is 0. The van der Waals surface area contributed by atoms with Gasteiger partial charge >= 0.3 is 0 Å². The minimum absolute atomic E-state index is 0.0534. The summed E-state index contributed by atoms with van der Waals surface area (Å²) >= 11 is 0. The van der Waals surface area contributed by atoms with E-state index in [0.717, 1.165) is 11.3 Å². The Morgan fingerprint density at radius 3 is 2.89 bits per heavy atom. The second-order valence-electron chi connectivity index (χ2n) is 4.62. The molecule has 0 saturated heterocycles. The van der Waals surface area contributed by atoms with Crippen molar-refractivity contribution in [3.63, 3.8) is 0 Å². The molecule has 0 aliphatic carbocycles. The van der Waals surface area contributed by atoms with Crippen LogP contribution in [0, 0.1) is 5.82 Å². The second-order valence-corrected chi connectivity index (χ2v) is 4.62. The highest BCUT2D eigenvalue weighted by Crippen LogP contribution is 2.28. The second kappa shape index (κ2) is 5.29. The molecular weight excluding hydrogens is 233 g/mol. The van der Waals surface area contributed by atoms with Crippen molar-refractivity contribution in [3.8, 4) is 0 Å². The molecule has 0 radical (unpaired) electrons. The van der Waals surface area contributed by atoms with Crippen LogP contribution in [0.5, 0.6) is 0 Å². The number of anilines is 1. The van der Waals surface area contributed by atoms with E-state index in [1.54, 1.807) is 17.9 Å². The third-order valence-corrected chi connectivity index (χ3v) is 3.15. The summed E-state index contributed by atoms with van der Waals surface area (Å²) in [7, 11) is 0. The Hall–Kier alpha value is -1.71. The van der Waals surface area contributed by atoms with Gasteiger partial charge in [0, 0.05) is 25.1 Å². The molecule has 0 saturated carbocycles. The number of nitrogens with zero attached hydrogens (tertiary/aromatic N) is 1. The van der Waals surface area contributed by atoms with Gasteiger partial charge in [-0.05, 0) is 43.5 Å². The molecule has 3 nitrogen and oxygen atoms in total. The first-order chi connectivity index (χ1) is 8.58. The molecule has 0 spiro atoms. The lowest BCUT2D eigenvalue weighted by atomic mass is 10.0. The zero-order valence-corrected chi connectivity index (χ0v) is 10.4. The van der Waals surface area contributed by atoms with Gasteiger partial charge in [-0.3, -0.25) is 4.79 Å². The Morgan fingerprint density at radius 1 is 1.39 bits per heavy atom. The Kier molecular flexibility index (Phi) is 3.75. The minimum atomic E-state index is -0.271. The number of fused-ring (bicyclic) bond motifs is 1. The largest absolute Gasteiger partial charge is 0.312 e. The maximum atomic E-state index is 13.1. The fourth-order valence-electron chi connectivity index (χ4n) is 2.26. The molecule has 1 amide bonds. The van der Waals surface area contributed by atoms with E-state index < -0.39 is 0 Å². The molecule has 0 bridgehead atoms. The first-order valence-corrected chi connectivity index (χ1v) is 6.16. The molecule has 2 rings (SSSR count). The van der Waals surface area contributed by atoms with Crippen molar-refractivity contribution in [3.05, 3.63) is 29.6 Å². The van der Waals surface area contributed by atoms with Gasteiger partial charge in [0.15, 0.2) is 0 Å². The maximum absolute atomic E-state index is 13.1. The third-order valence-electron chi connectivity index (χ3n) is 3.15. The van der Waals surface area contributed by atoms with Crippen LogP contribution in [-0.2, 0) is 16.0 Å². The van der Waals surface area contributed by atoms with Gasteiger partial charge in [0.05, 0.1) is 0 Å². The number of hydrogen-bond donors (Lipinski definition) is 0. The summed E-state index contributed by atoms with van der Waals surface area (Å²) in [6.07, 6.45) is 2.13. The number of Topliss-reactive ketones (excluding diaryl/α,β-unsaturated/α-hetero) is 1. The van der Waals surface area contributed by atoms with Crippen LogP contribution in [-0.4, -0.2) is 18.2 Å². The molecular formula is C14H16FNO2. The van der Waals surface area contributed by atoms with E-state index in [9.17, 15) is 14.0 Å². The normalized spacial score (nSPS) is 14.6. The lowest BCUT2D eigenvalue weighted by molar-refractivity contribution is -0.119. The summed E-state index contributed by atoms with van der Waals surface area (Å²) in [5.74, 6) is -0.0942. The summed E-state index contributed by atoms with van der Waals surface area (Å²) < 4.78 is 13.1. The number of benzene rings is 1. The van der Waals surface area contributed by atoms with Crippen molar-refractivity contribution >= 4 is 17.4 Å². The highest BCUT2D eigenvalue weighted by atomic mass is 19.1. The number of halogens is 1. The molecule has 0 fully saturated rings. The van der Waals surface area contributed by atoms with Crippen LogP contribution in [0.2, 0.25) is 0 Å². The predicted octanol–water partition coefficient (Wildman–Crippen LogP) is 2.47. The van der Waals surface area contributed by atoms with E-state index in [-0.39, 0.29) is 17.5 Å². The van der Waals surface area contributed by atoms with Gasteiger partial charge in [-0.15, -0.1) is 0 Å². The predicted molar refractivity (Wildman–Crippen MR) is 67.0 cm³/mol. The van der Waals surface area contributed by atoms with Crippen LogP contribution in [0.25, 0.3) is 0 Å². The number of ketones is 1. The lowest BCUT2D eigenvalue weighted by Crippen LogP contribution is -2.36. The van der Waals surface area contributed by atoms with Crippen molar-refractivity contribution in [2.75, 3.05) is 11.4 Å². The fourth-order valence-corrected chi connectivity index (χ4v) is 2.26. The average molecular weight is 249 g/mol. The van der Waals surface area contributed by atoms with Crippen molar-refractivity contribution in [2.24, 2.45) is 0 Å². The summed E-state index contributed by atoms with van der Waals surface area (Å²) in [4.78, 5) is 24.4. The number of aryl methyl sites for hydroxylation is 1. The first kappa shape index (κ1) is 12.7. The SMILES string of the molecule is CC(=O)CCCN1C(=O)CCc2cc(F)ccc21. The Morgan fingerprint density at radius 2 is 2.17 bits per heavy atom. The molecule has 1 aliphatic heterocycles. The molecule has 0 atom stereocenters. The standard InChI is InChI=1S/C14H16FNO2/c1-10(17)3-2-8-16-13-6-5-12(15)9-11(13)4-7-14(16)18/h5-6,9H,2-4,7-8H2,1H3. The zero-order chi connectivity index (χ0) is 13.1. The molecule has 18 heavy (non-hydrogen) atoms. The van der Waals surface area contributed by atoms with Gasteiger partial charge in [-0.2, -0.15) is 0 Å². The van der Waals surface area contributed by atoms with Crippen LogP contribution >= 0.6 is 0 Å². The average Bonchev–Trinajstić information content (AvgIpc) is 2.31. The van der Waals surface area contributed by atoms with Crippen molar-refractivity contribution < 1.29 is 14.0 Å². The summed E-state index contributed by atoms with van der Waals surface area (Å²) in [5.41, 5.74) is 1.66. The molecule has 96 valence electrons. The quantitative estimate of drug-likeness (QED) is 0.822. The molecule has 1 aliphatic rings. The molecule has 1 aromatic rings. The molecule has 0 unspecified atom stereocenters. The van der Waals surface area contributed by atoms with E-state index in [2.05, 4.69) is 0 Å². The number of hydrogen-bond acceptors (Lipinski definition) is 2. The third kappa shape index (κ3) is 2.75. The highest BCUT2D eigenvalue weighted by Gasteiger charge is 2.23. The lowest BCUT2D eigenvalue weighted by Gasteiger charge is -2.29. The molecule has 1 aromatic carbocycles. The van der Waals surface area contributed by atoms with Crippen LogP contribution in [0.4, 0.5) is 10.1 Å². The monoisotopic (exact) mass is 249 g/mol.